The Morgan fingerprint density at radius 2 is 2.35 bits per heavy atom. The molecule has 0 amide bonds. The van der Waals surface area contributed by atoms with Crippen molar-refractivity contribution in [3.05, 3.63) is 28.8 Å². The van der Waals surface area contributed by atoms with Crippen molar-refractivity contribution in [3.63, 3.8) is 0 Å². The summed E-state index contributed by atoms with van der Waals surface area (Å²) in [5, 5.41) is 16.2. The van der Waals surface area contributed by atoms with E-state index >= 15 is 0 Å². The Balaban J connectivity index is 2.04. The van der Waals surface area contributed by atoms with Gasteiger partial charge in [-0.25, -0.2) is 0 Å². The van der Waals surface area contributed by atoms with Gasteiger partial charge in [-0.2, -0.15) is 5.26 Å². The number of rotatable bonds is 2. The van der Waals surface area contributed by atoms with Crippen molar-refractivity contribution in [3.8, 4) is 6.07 Å². The van der Waals surface area contributed by atoms with Gasteiger partial charge in [0.1, 0.15) is 6.07 Å². The molecule has 1 aromatic carbocycles. The standard InChI is InChI=1S/C13H16ClN3/c1-9-6-12(4-5-16-9)17-11-3-2-10(8-15)13(14)7-11/h2-3,7,9,12,16-17H,4-6H2,1H3. The van der Waals surface area contributed by atoms with Gasteiger partial charge in [0.25, 0.3) is 0 Å². The molecule has 0 aromatic heterocycles. The fourth-order valence-electron chi connectivity index (χ4n) is 2.19. The number of nitrogens with one attached hydrogen (secondary N) is 2. The third-order valence-corrected chi connectivity index (χ3v) is 3.40. The largest absolute Gasteiger partial charge is 0.382 e. The summed E-state index contributed by atoms with van der Waals surface area (Å²) in [7, 11) is 0. The second-order valence-electron chi connectivity index (χ2n) is 4.53. The maximum atomic E-state index is 8.80. The molecule has 1 heterocycles. The maximum Gasteiger partial charge on any atom is 0.101 e. The highest BCUT2D eigenvalue weighted by Crippen LogP contribution is 2.22. The molecule has 0 spiro atoms. The molecule has 4 heteroatoms. The molecule has 0 bridgehead atoms. The van der Waals surface area contributed by atoms with Gasteiger partial charge in [0.05, 0.1) is 10.6 Å². The summed E-state index contributed by atoms with van der Waals surface area (Å²) in [5.74, 6) is 0. The van der Waals surface area contributed by atoms with Crippen molar-refractivity contribution >= 4 is 17.3 Å². The van der Waals surface area contributed by atoms with Gasteiger partial charge in [-0.05, 0) is 44.5 Å². The van der Waals surface area contributed by atoms with Crippen LogP contribution >= 0.6 is 11.6 Å². The Labute approximate surface area is 107 Å². The van der Waals surface area contributed by atoms with E-state index in [2.05, 4.69) is 23.6 Å². The van der Waals surface area contributed by atoms with Crippen LogP contribution in [-0.2, 0) is 0 Å². The number of hydrogen-bond acceptors (Lipinski definition) is 3. The Kier molecular flexibility index (Phi) is 3.88. The average molecular weight is 250 g/mol. The van der Waals surface area contributed by atoms with Crippen LogP contribution in [-0.4, -0.2) is 18.6 Å². The summed E-state index contributed by atoms with van der Waals surface area (Å²) in [6, 6.07) is 8.60. The Morgan fingerprint density at radius 3 is 3.00 bits per heavy atom. The molecule has 1 aromatic rings. The molecule has 0 aliphatic carbocycles. The number of anilines is 1. The third-order valence-electron chi connectivity index (χ3n) is 3.08. The molecule has 2 unspecified atom stereocenters. The zero-order valence-electron chi connectivity index (χ0n) is 9.83. The molecule has 0 radical (unpaired) electrons. The maximum absolute atomic E-state index is 8.80. The minimum atomic E-state index is 0.482. The van der Waals surface area contributed by atoms with Gasteiger partial charge >= 0.3 is 0 Å². The predicted octanol–water partition coefficient (Wildman–Crippen LogP) is 2.76. The smallest absolute Gasteiger partial charge is 0.101 e. The minimum Gasteiger partial charge on any atom is -0.382 e. The Hall–Kier alpha value is -1.24. The summed E-state index contributed by atoms with van der Waals surface area (Å²) in [6.07, 6.45) is 2.22. The summed E-state index contributed by atoms with van der Waals surface area (Å²) < 4.78 is 0. The van der Waals surface area contributed by atoms with E-state index in [0.29, 0.717) is 22.7 Å². The van der Waals surface area contributed by atoms with Crippen LogP contribution in [0.1, 0.15) is 25.3 Å². The van der Waals surface area contributed by atoms with Gasteiger partial charge in [0.2, 0.25) is 0 Å². The third kappa shape index (κ3) is 3.12. The predicted molar refractivity (Wildman–Crippen MR) is 70.3 cm³/mol. The summed E-state index contributed by atoms with van der Waals surface area (Å²) in [4.78, 5) is 0. The molecular formula is C13H16ClN3. The lowest BCUT2D eigenvalue weighted by molar-refractivity contribution is 0.396. The molecule has 1 saturated heterocycles. The zero-order valence-corrected chi connectivity index (χ0v) is 10.6. The Morgan fingerprint density at radius 1 is 1.53 bits per heavy atom. The highest BCUT2D eigenvalue weighted by atomic mass is 35.5. The van der Waals surface area contributed by atoms with E-state index in [-0.39, 0.29) is 0 Å². The second kappa shape index (κ2) is 5.39. The van der Waals surface area contributed by atoms with E-state index in [1.807, 2.05) is 12.1 Å². The van der Waals surface area contributed by atoms with Crippen molar-refractivity contribution in [1.82, 2.24) is 5.32 Å². The van der Waals surface area contributed by atoms with Crippen LogP contribution in [0.3, 0.4) is 0 Å². The van der Waals surface area contributed by atoms with Gasteiger partial charge < -0.3 is 10.6 Å². The van der Waals surface area contributed by atoms with Crippen molar-refractivity contribution in [2.45, 2.75) is 31.8 Å². The first-order chi connectivity index (χ1) is 8.19. The number of nitrogens with zero attached hydrogens (tertiary/aromatic N) is 1. The molecule has 2 rings (SSSR count). The van der Waals surface area contributed by atoms with Crippen molar-refractivity contribution in [2.75, 3.05) is 11.9 Å². The second-order valence-corrected chi connectivity index (χ2v) is 4.93. The number of halogens is 1. The van der Waals surface area contributed by atoms with Crippen LogP contribution in [0.25, 0.3) is 0 Å². The summed E-state index contributed by atoms with van der Waals surface area (Å²) in [5.41, 5.74) is 1.52. The SMILES string of the molecule is CC1CC(Nc2ccc(C#N)c(Cl)c2)CCN1. The molecule has 0 saturated carbocycles. The fourth-order valence-corrected chi connectivity index (χ4v) is 2.42. The Bertz CT molecular complexity index is 439. The fraction of sp³-hybridized carbons (Fsp3) is 0.462. The van der Waals surface area contributed by atoms with E-state index in [1.165, 1.54) is 0 Å². The lowest BCUT2D eigenvalue weighted by atomic mass is 10.0. The van der Waals surface area contributed by atoms with Crippen LogP contribution in [0.5, 0.6) is 0 Å². The highest BCUT2D eigenvalue weighted by molar-refractivity contribution is 6.32. The van der Waals surface area contributed by atoms with Crippen molar-refractivity contribution in [2.24, 2.45) is 0 Å². The van der Waals surface area contributed by atoms with Crippen molar-refractivity contribution < 1.29 is 0 Å². The zero-order chi connectivity index (χ0) is 12.3. The van der Waals surface area contributed by atoms with Gasteiger partial charge in [-0.3, -0.25) is 0 Å². The van der Waals surface area contributed by atoms with Gasteiger partial charge in [0.15, 0.2) is 0 Å². The summed E-state index contributed by atoms with van der Waals surface area (Å²) >= 11 is 6.00. The first kappa shape index (κ1) is 12.2. The van der Waals surface area contributed by atoms with E-state index in [1.54, 1.807) is 6.07 Å². The van der Waals surface area contributed by atoms with Crippen molar-refractivity contribution in [1.29, 1.82) is 5.26 Å². The quantitative estimate of drug-likeness (QED) is 0.847. The van der Waals surface area contributed by atoms with Gasteiger partial charge in [0, 0.05) is 17.8 Å². The van der Waals surface area contributed by atoms with Crippen LogP contribution in [0.2, 0.25) is 5.02 Å². The number of nitriles is 1. The van der Waals surface area contributed by atoms with E-state index in [9.17, 15) is 0 Å². The molecule has 17 heavy (non-hydrogen) atoms. The normalized spacial score (nSPS) is 24.1. The molecule has 1 aliphatic heterocycles. The number of benzene rings is 1. The van der Waals surface area contributed by atoms with Crippen LogP contribution in [0.4, 0.5) is 5.69 Å². The molecule has 1 fully saturated rings. The number of piperidine rings is 1. The van der Waals surface area contributed by atoms with Crippen LogP contribution < -0.4 is 10.6 Å². The lowest BCUT2D eigenvalue weighted by Crippen LogP contribution is -2.41. The van der Waals surface area contributed by atoms with E-state index in [0.717, 1.165) is 25.1 Å². The van der Waals surface area contributed by atoms with Crippen LogP contribution in [0, 0.1) is 11.3 Å². The number of hydrogen-bond donors (Lipinski definition) is 2. The van der Waals surface area contributed by atoms with Gasteiger partial charge in [-0.15, -0.1) is 0 Å². The molecule has 1 aliphatic rings. The molecule has 3 nitrogen and oxygen atoms in total. The topological polar surface area (TPSA) is 47.9 Å². The highest BCUT2D eigenvalue weighted by Gasteiger charge is 2.17. The van der Waals surface area contributed by atoms with Gasteiger partial charge in [-0.1, -0.05) is 11.6 Å². The molecule has 2 atom stereocenters. The minimum absolute atomic E-state index is 0.482. The first-order valence-corrected chi connectivity index (χ1v) is 6.26. The van der Waals surface area contributed by atoms with E-state index in [4.69, 9.17) is 16.9 Å². The lowest BCUT2D eigenvalue weighted by Gasteiger charge is -2.29. The first-order valence-electron chi connectivity index (χ1n) is 5.88. The molecule has 90 valence electrons. The van der Waals surface area contributed by atoms with Crippen LogP contribution in [0.15, 0.2) is 18.2 Å². The average Bonchev–Trinajstić information content (AvgIpc) is 2.29. The monoisotopic (exact) mass is 249 g/mol. The molecule has 2 N–H and O–H groups in total. The summed E-state index contributed by atoms with van der Waals surface area (Å²) in [6.45, 7) is 3.24. The van der Waals surface area contributed by atoms with E-state index < -0.39 is 0 Å². The molecular weight excluding hydrogens is 234 g/mol.